The van der Waals surface area contributed by atoms with Crippen LogP contribution in [0.1, 0.15) is 112 Å². The lowest BCUT2D eigenvalue weighted by atomic mass is 9.58. The van der Waals surface area contributed by atoms with Gasteiger partial charge >= 0.3 is 0 Å². The maximum Gasteiger partial charge on any atom is 0.258 e. The molecule has 220 valence electrons. The van der Waals surface area contributed by atoms with Gasteiger partial charge in [0.25, 0.3) is 8.32 Å². The second-order valence-electron chi connectivity index (χ2n) is 16.5. The number of epoxide rings is 1. The largest absolute Gasteiger partial charge is 0.543 e. The van der Waals surface area contributed by atoms with Crippen molar-refractivity contribution in [2.75, 3.05) is 0 Å². The summed E-state index contributed by atoms with van der Waals surface area (Å²) < 4.78 is 21.3. The van der Waals surface area contributed by atoms with Crippen LogP contribution in [0.4, 0.5) is 0 Å². The Morgan fingerprint density at radius 2 is 1.54 bits per heavy atom. The van der Waals surface area contributed by atoms with Gasteiger partial charge in [-0.1, -0.05) is 75.3 Å². The van der Waals surface area contributed by atoms with Crippen LogP contribution in [-0.4, -0.2) is 33.9 Å². The first kappa shape index (κ1) is 29.9. The maximum absolute atomic E-state index is 7.16. The van der Waals surface area contributed by atoms with Gasteiger partial charge in [-0.05, 0) is 108 Å². The zero-order valence-corrected chi connectivity index (χ0v) is 29.3. The van der Waals surface area contributed by atoms with Crippen molar-refractivity contribution in [1.29, 1.82) is 0 Å². The Balaban J connectivity index is 1.40. The lowest BCUT2D eigenvalue weighted by molar-refractivity contribution is -0.000249. The lowest BCUT2D eigenvalue weighted by Crippen LogP contribution is -2.53. The van der Waals surface area contributed by atoms with Crippen LogP contribution in [0.25, 0.3) is 0 Å². The molecule has 2 saturated carbocycles. The third kappa shape index (κ3) is 4.38. The normalized spacial score (nSPS) is 34.4. The minimum absolute atomic E-state index is 0.0234. The molecule has 1 aliphatic heterocycles. The molecule has 0 N–H and O–H groups in total. The number of fused-ring (bicyclic) bond motifs is 2. The molecular weight excluding hydrogens is 513 g/mol. The average Bonchev–Trinajstić information content (AvgIpc) is 3.38. The average molecular weight is 571 g/mol. The fourth-order valence-corrected chi connectivity index (χ4v) is 16.2. The van der Waals surface area contributed by atoms with Gasteiger partial charge in [0.1, 0.15) is 17.0 Å². The molecule has 0 unspecified atom stereocenters. The van der Waals surface area contributed by atoms with Crippen molar-refractivity contribution >= 4 is 16.6 Å². The van der Waals surface area contributed by atoms with E-state index >= 15 is 0 Å². The van der Waals surface area contributed by atoms with Crippen molar-refractivity contribution in [2.45, 2.75) is 166 Å². The first-order chi connectivity index (χ1) is 17.9. The van der Waals surface area contributed by atoms with E-state index in [1.165, 1.54) is 36.8 Å². The Morgan fingerprint density at radius 3 is 2.13 bits per heavy atom. The number of rotatable bonds is 7. The molecule has 1 aromatic carbocycles. The number of hydrogen-bond acceptors (Lipinski definition) is 3. The van der Waals surface area contributed by atoms with Crippen molar-refractivity contribution in [3.8, 4) is 5.75 Å². The summed E-state index contributed by atoms with van der Waals surface area (Å²) in [4.78, 5) is 0. The Morgan fingerprint density at radius 1 is 0.897 bits per heavy atom. The minimum atomic E-state index is -1.98. The van der Waals surface area contributed by atoms with E-state index in [-0.39, 0.29) is 21.7 Å². The summed E-state index contributed by atoms with van der Waals surface area (Å²) in [6, 6.07) is 7.10. The molecule has 0 radical (unpaired) electrons. The highest BCUT2D eigenvalue weighted by Crippen LogP contribution is 2.73. The van der Waals surface area contributed by atoms with Gasteiger partial charge in [0.2, 0.25) is 0 Å². The van der Waals surface area contributed by atoms with E-state index in [1.807, 2.05) is 0 Å². The van der Waals surface area contributed by atoms with Gasteiger partial charge in [0.05, 0.1) is 6.10 Å². The number of benzene rings is 1. The molecule has 5 atom stereocenters. The van der Waals surface area contributed by atoms with Gasteiger partial charge in [-0.3, -0.25) is 0 Å². The predicted octanol–water partition coefficient (Wildman–Crippen LogP) is 9.84. The van der Waals surface area contributed by atoms with E-state index in [4.69, 9.17) is 13.6 Å². The standard InChI is InChI=1S/C34H58O3Si2/c1-23(2)39(24(3)4,25(5)6)35-28-14-13-26-17-18-34-29-15-16-30(36-38(11,12)31(7,8)9)32(29,10)19-20-33(34,37-34)22-27(26)21-28/h13-14,21,23-25,29-30H,15-20,22H2,1-12H3/t29-,30+,32+,33+,34+/m1/s1. The summed E-state index contributed by atoms with van der Waals surface area (Å²) in [6.07, 6.45) is 8.58. The van der Waals surface area contributed by atoms with Crippen LogP contribution in [0.15, 0.2) is 18.2 Å². The molecule has 39 heavy (non-hydrogen) atoms. The quantitative estimate of drug-likeness (QED) is 0.241. The van der Waals surface area contributed by atoms with Crippen molar-refractivity contribution in [1.82, 2.24) is 0 Å². The molecule has 0 bridgehead atoms. The Hall–Kier alpha value is -0.626. The topological polar surface area (TPSA) is 31.0 Å². The van der Waals surface area contributed by atoms with E-state index in [1.54, 1.807) is 0 Å². The van der Waals surface area contributed by atoms with Crippen LogP contribution >= 0.6 is 0 Å². The van der Waals surface area contributed by atoms with Crippen LogP contribution in [0.5, 0.6) is 5.75 Å². The molecule has 0 spiro atoms. The van der Waals surface area contributed by atoms with E-state index < -0.39 is 16.6 Å². The van der Waals surface area contributed by atoms with Crippen molar-refractivity contribution in [3.63, 3.8) is 0 Å². The summed E-state index contributed by atoms with van der Waals surface area (Å²) >= 11 is 0. The number of hydrogen-bond donors (Lipinski definition) is 0. The van der Waals surface area contributed by atoms with Gasteiger partial charge < -0.3 is 13.6 Å². The highest BCUT2D eigenvalue weighted by Gasteiger charge is 2.79. The van der Waals surface area contributed by atoms with Crippen LogP contribution in [0.2, 0.25) is 34.8 Å². The zero-order valence-electron chi connectivity index (χ0n) is 27.3. The monoisotopic (exact) mass is 570 g/mol. The fourth-order valence-electron chi connectivity index (χ4n) is 9.46. The van der Waals surface area contributed by atoms with Crippen molar-refractivity contribution in [3.05, 3.63) is 29.3 Å². The van der Waals surface area contributed by atoms with Crippen LogP contribution < -0.4 is 4.43 Å². The van der Waals surface area contributed by atoms with Gasteiger partial charge in [-0.25, -0.2) is 0 Å². The van der Waals surface area contributed by atoms with Crippen LogP contribution in [-0.2, 0) is 22.0 Å². The highest BCUT2D eigenvalue weighted by atomic mass is 28.4. The molecule has 1 aromatic rings. The number of ether oxygens (including phenoxy) is 1. The molecule has 0 amide bonds. The first-order valence-electron chi connectivity index (χ1n) is 16.1. The van der Waals surface area contributed by atoms with Gasteiger partial charge in [0, 0.05) is 6.42 Å². The van der Waals surface area contributed by atoms with Crippen LogP contribution in [0.3, 0.4) is 0 Å². The molecule has 5 rings (SSSR count). The third-order valence-corrected chi connectivity index (χ3v) is 23.1. The molecular formula is C34H58O3Si2. The summed E-state index contributed by atoms with van der Waals surface area (Å²) in [5, 5.41) is 0.249. The molecule has 3 fully saturated rings. The van der Waals surface area contributed by atoms with E-state index in [0.29, 0.717) is 28.6 Å². The Bertz CT molecular complexity index is 1070. The molecule has 1 heterocycles. The summed E-state index contributed by atoms with van der Waals surface area (Å²) in [6.45, 7) is 28.8. The van der Waals surface area contributed by atoms with Crippen molar-refractivity contribution < 1.29 is 13.6 Å². The minimum Gasteiger partial charge on any atom is -0.543 e. The van der Waals surface area contributed by atoms with E-state index in [0.717, 1.165) is 25.0 Å². The van der Waals surface area contributed by atoms with Gasteiger partial charge in [0.15, 0.2) is 8.32 Å². The Kier molecular flexibility index (Phi) is 7.23. The smallest absolute Gasteiger partial charge is 0.258 e. The Labute approximate surface area is 242 Å². The zero-order chi connectivity index (χ0) is 28.8. The summed E-state index contributed by atoms with van der Waals surface area (Å²) in [7, 11) is -3.79. The molecule has 0 aromatic heterocycles. The molecule has 5 heteroatoms. The third-order valence-electron chi connectivity index (χ3n) is 12.7. The molecule has 1 saturated heterocycles. The first-order valence-corrected chi connectivity index (χ1v) is 21.2. The van der Waals surface area contributed by atoms with E-state index in [2.05, 4.69) is 101 Å². The van der Waals surface area contributed by atoms with Crippen molar-refractivity contribution in [2.24, 2.45) is 11.3 Å². The summed E-state index contributed by atoms with van der Waals surface area (Å²) in [5.41, 5.74) is 5.04. The van der Waals surface area contributed by atoms with Crippen LogP contribution in [0, 0.1) is 11.3 Å². The van der Waals surface area contributed by atoms with Gasteiger partial charge in [-0.2, -0.15) is 0 Å². The second kappa shape index (κ2) is 9.44. The van der Waals surface area contributed by atoms with E-state index in [9.17, 15) is 0 Å². The lowest BCUT2D eigenvalue weighted by Gasteiger charge is -2.48. The summed E-state index contributed by atoms with van der Waals surface area (Å²) in [5.74, 6) is 1.71. The highest BCUT2D eigenvalue weighted by molar-refractivity contribution is 6.78. The fraction of sp³-hybridized carbons (Fsp3) is 0.824. The molecule has 3 aliphatic carbocycles. The van der Waals surface area contributed by atoms with Gasteiger partial charge in [-0.15, -0.1) is 0 Å². The maximum atomic E-state index is 7.16. The molecule has 4 aliphatic rings. The predicted molar refractivity (Wildman–Crippen MR) is 169 cm³/mol. The SMILES string of the molecule is CC(C)[Si](Oc1ccc2c(c1)C[C@@]13CC[C@]4(C)[C@@H](O[Si](C)(C)C(C)(C)C)CC[C@H]4[C@]1(CC2)O3)(C(C)C)C(C)C. The molecule has 3 nitrogen and oxygen atoms in total. The second-order valence-corrected chi connectivity index (χ2v) is 26.6. The number of aryl methyl sites for hydroxylation is 1.